The monoisotopic (exact) mass is 269 g/mol. The van der Waals surface area contributed by atoms with Gasteiger partial charge in [-0.1, -0.05) is 12.1 Å². The van der Waals surface area contributed by atoms with Crippen LogP contribution in [0.5, 0.6) is 11.5 Å². The number of thiazole rings is 1. The SMILES string of the molecule is COc1ccccc1OCc1nc(CCl)cs1. The average molecular weight is 270 g/mol. The molecular formula is C12H12ClNO2S. The van der Waals surface area contributed by atoms with E-state index in [4.69, 9.17) is 21.1 Å². The summed E-state index contributed by atoms with van der Waals surface area (Å²) in [6.45, 7) is 0.432. The predicted octanol–water partition coefficient (Wildman–Crippen LogP) is 3.47. The zero-order chi connectivity index (χ0) is 12.1. The Balaban J connectivity index is 2.01. The molecule has 2 rings (SSSR count). The lowest BCUT2D eigenvalue weighted by Gasteiger charge is -2.08. The van der Waals surface area contributed by atoms with Gasteiger partial charge in [0, 0.05) is 5.38 Å². The lowest BCUT2D eigenvalue weighted by molar-refractivity contribution is 0.284. The molecule has 0 saturated heterocycles. The van der Waals surface area contributed by atoms with Crippen molar-refractivity contribution in [3.05, 3.63) is 40.3 Å². The quantitative estimate of drug-likeness (QED) is 0.779. The molecule has 1 heterocycles. The molecular weight excluding hydrogens is 258 g/mol. The van der Waals surface area contributed by atoms with E-state index in [0.29, 0.717) is 12.5 Å². The number of alkyl halides is 1. The molecule has 0 aliphatic rings. The molecule has 90 valence electrons. The van der Waals surface area contributed by atoms with Crippen molar-refractivity contribution in [1.29, 1.82) is 0 Å². The second kappa shape index (κ2) is 5.89. The average Bonchev–Trinajstić information content (AvgIpc) is 2.84. The molecule has 0 N–H and O–H groups in total. The van der Waals surface area contributed by atoms with E-state index in [1.54, 1.807) is 18.4 Å². The van der Waals surface area contributed by atoms with Gasteiger partial charge in [0.05, 0.1) is 18.7 Å². The Bertz CT molecular complexity index is 487. The number of benzene rings is 1. The zero-order valence-corrected chi connectivity index (χ0v) is 10.9. The van der Waals surface area contributed by atoms with Gasteiger partial charge in [-0.3, -0.25) is 0 Å². The number of rotatable bonds is 5. The van der Waals surface area contributed by atoms with E-state index in [-0.39, 0.29) is 0 Å². The minimum absolute atomic E-state index is 0.432. The second-order valence-corrected chi connectivity index (χ2v) is 4.52. The van der Waals surface area contributed by atoms with Gasteiger partial charge >= 0.3 is 0 Å². The van der Waals surface area contributed by atoms with Gasteiger partial charge in [0.25, 0.3) is 0 Å². The Kier molecular flexibility index (Phi) is 4.23. The molecule has 0 spiro atoms. The van der Waals surface area contributed by atoms with Gasteiger partial charge in [-0.15, -0.1) is 22.9 Å². The maximum absolute atomic E-state index is 5.69. The first kappa shape index (κ1) is 12.2. The van der Waals surface area contributed by atoms with Crippen molar-refractivity contribution in [2.75, 3.05) is 7.11 Å². The van der Waals surface area contributed by atoms with Crippen molar-refractivity contribution in [2.45, 2.75) is 12.5 Å². The van der Waals surface area contributed by atoms with Crippen molar-refractivity contribution in [1.82, 2.24) is 4.98 Å². The molecule has 1 aromatic heterocycles. The molecule has 0 amide bonds. The Hall–Kier alpha value is -1.26. The maximum atomic E-state index is 5.69. The highest BCUT2D eigenvalue weighted by Crippen LogP contribution is 2.27. The first-order chi connectivity index (χ1) is 8.33. The molecule has 5 heteroatoms. The molecule has 0 unspecified atom stereocenters. The van der Waals surface area contributed by atoms with Crippen LogP contribution < -0.4 is 9.47 Å². The van der Waals surface area contributed by atoms with Crippen molar-refractivity contribution in [3.8, 4) is 11.5 Å². The number of halogens is 1. The fraction of sp³-hybridized carbons (Fsp3) is 0.250. The van der Waals surface area contributed by atoms with E-state index in [1.807, 2.05) is 29.6 Å². The largest absolute Gasteiger partial charge is 0.493 e. The van der Waals surface area contributed by atoms with Crippen LogP contribution in [0.25, 0.3) is 0 Å². The number of hydrogen-bond acceptors (Lipinski definition) is 4. The summed E-state index contributed by atoms with van der Waals surface area (Å²) in [6.07, 6.45) is 0. The highest BCUT2D eigenvalue weighted by molar-refractivity contribution is 7.09. The summed E-state index contributed by atoms with van der Waals surface area (Å²) in [5.74, 6) is 1.88. The maximum Gasteiger partial charge on any atom is 0.161 e. The summed E-state index contributed by atoms with van der Waals surface area (Å²) < 4.78 is 10.8. The molecule has 0 aliphatic carbocycles. The molecule has 1 aromatic carbocycles. The number of aromatic nitrogens is 1. The summed E-state index contributed by atoms with van der Waals surface area (Å²) in [5.41, 5.74) is 0.885. The second-order valence-electron chi connectivity index (χ2n) is 3.31. The van der Waals surface area contributed by atoms with Crippen molar-refractivity contribution < 1.29 is 9.47 Å². The molecule has 0 saturated carbocycles. The van der Waals surface area contributed by atoms with Crippen LogP contribution in [-0.4, -0.2) is 12.1 Å². The summed E-state index contributed by atoms with van der Waals surface area (Å²) >= 11 is 7.23. The lowest BCUT2D eigenvalue weighted by atomic mass is 10.3. The van der Waals surface area contributed by atoms with E-state index >= 15 is 0 Å². The first-order valence-electron chi connectivity index (χ1n) is 5.08. The van der Waals surface area contributed by atoms with Crippen LogP contribution in [0.1, 0.15) is 10.7 Å². The number of hydrogen-bond donors (Lipinski definition) is 0. The van der Waals surface area contributed by atoms with Crippen LogP contribution in [0.4, 0.5) is 0 Å². The van der Waals surface area contributed by atoms with Gasteiger partial charge in [0.1, 0.15) is 11.6 Å². The van der Waals surface area contributed by atoms with Crippen LogP contribution in [0, 0.1) is 0 Å². The Labute approximate surface area is 109 Å². The van der Waals surface area contributed by atoms with Crippen molar-refractivity contribution in [2.24, 2.45) is 0 Å². The van der Waals surface area contributed by atoms with Crippen LogP contribution in [0.2, 0.25) is 0 Å². The minimum atomic E-state index is 0.432. The van der Waals surface area contributed by atoms with E-state index in [9.17, 15) is 0 Å². The molecule has 2 aromatic rings. The van der Waals surface area contributed by atoms with Gasteiger partial charge < -0.3 is 9.47 Å². The number of methoxy groups -OCH3 is 1. The highest BCUT2D eigenvalue weighted by Gasteiger charge is 2.05. The molecule has 0 bridgehead atoms. The molecule has 0 radical (unpaired) electrons. The van der Waals surface area contributed by atoms with Crippen LogP contribution >= 0.6 is 22.9 Å². The van der Waals surface area contributed by atoms with Crippen molar-refractivity contribution >= 4 is 22.9 Å². The van der Waals surface area contributed by atoms with E-state index in [2.05, 4.69) is 4.98 Å². The van der Waals surface area contributed by atoms with E-state index < -0.39 is 0 Å². The van der Waals surface area contributed by atoms with E-state index in [0.717, 1.165) is 22.2 Å². The summed E-state index contributed by atoms with van der Waals surface area (Å²) in [4.78, 5) is 4.32. The summed E-state index contributed by atoms with van der Waals surface area (Å²) in [7, 11) is 1.62. The van der Waals surface area contributed by atoms with Crippen LogP contribution in [-0.2, 0) is 12.5 Å². The number of para-hydroxylation sites is 2. The lowest BCUT2D eigenvalue weighted by Crippen LogP contribution is -1.97. The number of ether oxygens (including phenoxy) is 2. The first-order valence-corrected chi connectivity index (χ1v) is 6.50. The van der Waals surface area contributed by atoms with Crippen LogP contribution in [0.15, 0.2) is 29.6 Å². The molecule has 3 nitrogen and oxygen atoms in total. The minimum Gasteiger partial charge on any atom is -0.493 e. The molecule has 0 aliphatic heterocycles. The number of nitrogens with zero attached hydrogens (tertiary/aromatic N) is 1. The normalized spacial score (nSPS) is 10.2. The van der Waals surface area contributed by atoms with Crippen molar-refractivity contribution in [3.63, 3.8) is 0 Å². The van der Waals surface area contributed by atoms with Gasteiger partial charge in [-0.25, -0.2) is 4.98 Å². The molecule has 0 fully saturated rings. The standard InChI is InChI=1S/C12H12ClNO2S/c1-15-10-4-2-3-5-11(10)16-7-12-14-9(6-13)8-17-12/h2-5,8H,6-7H2,1H3. The third-order valence-corrected chi connectivity index (χ3v) is 3.30. The zero-order valence-electron chi connectivity index (χ0n) is 9.35. The Morgan fingerprint density at radius 3 is 2.71 bits per heavy atom. The Morgan fingerprint density at radius 2 is 2.06 bits per heavy atom. The summed E-state index contributed by atoms with van der Waals surface area (Å²) in [6, 6.07) is 7.54. The van der Waals surface area contributed by atoms with Gasteiger partial charge in [0.15, 0.2) is 11.5 Å². The van der Waals surface area contributed by atoms with Gasteiger partial charge in [0.2, 0.25) is 0 Å². The topological polar surface area (TPSA) is 31.4 Å². The fourth-order valence-corrected chi connectivity index (χ4v) is 2.29. The smallest absolute Gasteiger partial charge is 0.161 e. The summed E-state index contributed by atoms with van der Waals surface area (Å²) in [5, 5.41) is 2.85. The van der Waals surface area contributed by atoms with Gasteiger partial charge in [-0.2, -0.15) is 0 Å². The fourth-order valence-electron chi connectivity index (χ4n) is 1.35. The van der Waals surface area contributed by atoms with E-state index in [1.165, 1.54) is 0 Å². The predicted molar refractivity (Wildman–Crippen MR) is 69.0 cm³/mol. The third kappa shape index (κ3) is 3.11. The third-order valence-electron chi connectivity index (χ3n) is 2.16. The molecule has 17 heavy (non-hydrogen) atoms. The Morgan fingerprint density at radius 1 is 1.29 bits per heavy atom. The van der Waals surface area contributed by atoms with Gasteiger partial charge in [-0.05, 0) is 12.1 Å². The van der Waals surface area contributed by atoms with Crippen LogP contribution in [0.3, 0.4) is 0 Å². The molecule has 0 atom stereocenters. The highest BCUT2D eigenvalue weighted by atomic mass is 35.5.